The van der Waals surface area contributed by atoms with Crippen LogP contribution in [-0.2, 0) is 13.2 Å². The van der Waals surface area contributed by atoms with Gasteiger partial charge in [-0.25, -0.2) is 0 Å². The molecule has 108 valence electrons. The van der Waals surface area contributed by atoms with Gasteiger partial charge in [-0.3, -0.25) is 0 Å². The van der Waals surface area contributed by atoms with Crippen LogP contribution in [-0.4, -0.2) is 6.54 Å². The molecule has 0 bridgehead atoms. The van der Waals surface area contributed by atoms with E-state index in [4.69, 9.17) is 9.15 Å². The van der Waals surface area contributed by atoms with Crippen LogP contribution in [0.15, 0.2) is 43.9 Å². The van der Waals surface area contributed by atoms with Crippen LogP contribution in [0.3, 0.4) is 0 Å². The molecule has 1 N–H and O–H groups in total. The molecule has 0 fully saturated rings. The number of hydrogen-bond donors (Lipinski definition) is 1. The number of benzene rings is 1. The minimum Gasteiger partial charge on any atom is -0.484 e. The minimum atomic E-state index is 0.425. The van der Waals surface area contributed by atoms with Crippen LogP contribution >= 0.6 is 31.9 Å². The summed E-state index contributed by atoms with van der Waals surface area (Å²) < 4.78 is 13.2. The lowest BCUT2D eigenvalue weighted by Gasteiger charge is -2.06. The largest absolute Gasteiger partial charge is 0.484 e. The number of furan rings is 1. The predicted molar refractivity (Wildman–Crippen MR) is 86.9 cm³/mol. The van der Waals surface area contributed by atoms with Crippen molar-refractivity contribution in [1.29, 1.82) is 0 Å². The van der Waals surface area contributed by atoms with E-state index in [1.807, 2.05) is 24.3 Å². The Labute approximate surface area is 136 Å². The van der Waals surface area contributed by atoms with Crippen LogP contribution in [0.25, 0.3) is 0 Å². The van der Waals surface area contributed by atoms with Crippen molar-refractivity contribution in [2.45, 2.75) is 26.5 Å². The van der Waals surface area contributed by atoms with Crippen LogP contribution in [0, 0.1) is 0 Å². The number of hydrogen-bond acceptors (Lipinski definition) is 3. The second-order valence-corrected chi connectivity index (χ2v) is 6.23. The molecule has 0 amide bonds. The van der Waals surface area contributed by atoms with E-state index in [9.17, 15) is 0 Å². The number of ether oxygens (including phenoxy) is 1. The molecule has 0 aliphatic carbocycles. The molecule has 1 aromatic carbocycles. The Bertz CT molecular complexity index is 555. The highest BCUT2D eigenvalue weighted by Gasteiger charge is 2.05. The zero-order chi connectivity index (χ0) is 14.4. The summed E-state index contributed by atoms with van der Waals surface area (Å²) in [4.78, 5) is 0. The van der Waals surface area contributed by atoms with Gasteiger partial charge in [0, 0.05) is 16.6 Å². The van der Waals surface area contributed by atoms with Crippen molar-refractivity contribution in [3.8, 4) is 5.75 Å². The minimum absolute atomic E-state index is 0.425. The van der Waals surface area contributed by atoms with Crippen molar-refractivity contribution >= 4 is 31.9 Å². The molecule has 20 heavy (non-hydrogen) atoms. The summed E-state index contributed by atoms with van der Waals surface area (Å²) in [6.07, 6.45) is 2.91. The maximum atomic E-state index is 5.73. The van der Waals surface area contributed by atoms with Crippen molar-refractivity contribution in [3.63, 3.8) is 0 Å². The number of nitrogens with one attached hydrogen (secondary N) is 1. The van der Waals surface area contributed by atoms with Gasteiger partial charge in [-0.1, -0.05) is 22.9 Å². The molecule has 0 spiro atoms. The van der Waals surface area contributed by atoms with E-state index in [-0.39, 0.29) is 0 Å². The van der Waals surface area contributed by atoms with Crippen LogP contribution < -0.4 is 10.1 Å². The van der Waals surface area contributed by atoms with Crippen LogP contribution in [0.2, 0.25) is 0 Å². The SMILES string of the molecule is CCCNCc1coc(COc2ccc(Br)cc2Br)c1. The molecule has 0 atom stereocenters. The summed E-state index contributed by atoms with van der Waals surface area (Å²) in [6.45, 7) is 4.42. The molecule has 5 heteroatoms. The average Bonchev–Trinajstić information content (AvgIpc) is 2.86. The Morgan fingerprint density at radius 3 is 2.85 bits per heavy atom. The Morgan fingerprint density at radius 1 is 1.25 bits per heavy atom. The van der Waals surface area contributed by atoms with E-state index < -0.39 is 0 Å². The molecule has 2 aromatic rings. The van der Waals surface area contributed by atoms with Gasteiger partial charge in [0.15, 0.2) is 0 Å². The Hall–Kier alpha value is -0.780. The molecule has 0 saturated carbocycles. The summed E-state index contributed by atoms with van der Waals surface area (Å²) in [5, 5.41) is 3.34. The monoisotopic (exact) mass is 401 g/mol. The molecule has 0 saturated heterocycles. The fourth-order valence-electron chi connectivity index (χ4n) is 1.75. The van der Waals surface area contributed by atoms with E-state index in [0.29, 0.717) is 6.61 Å². The zero-order valence-electron chi connectivity index (χ0n) is 11.3. The topological polar surface area (TPSA) is 34.4 Å². The summed E-state index contributed by atoms with van der Waals surface area (Å²) in [5.41, 5.74) is 1.15. The first-order chi connectivity index (χ1) is 9.69. The van der Waals surface area contributed by atoms with Gasteiger partial charge in [0.05, 0.1) is 10.7 Å². The maximum Gasteiger partial charge on any atom is 0.146 e. The second-order valence-electron chi connectivity index (χ2n) is 4.46. The van der Waals surface area contributed by atoms with Gasteiger partial charge in [0.2, 0.25) is 0 Å². The van der Waals surface area contributed by atoms with Crippen molar-refractivity contribution in [3.05, 3.63) is 50.8 Å². The molecule has 0 aliphatic rings. The van der Waals surface area contributed by atoms with Gasteiger partial charge < -0.3 is 14.5 Å². The van der Waals surface area contributed by atoms with Gasteiger partial charge >= 0.3 is 0 Å². The standard InChI is InChI=1S/C15H17Br2NO2/c1-2-5-18-8-11-6-13(19-9-11)10-20-15-4-3-12(16)7-14(15)17/h3-4,6-7,9,18H,2,5,8,10H2,1H3. The molecule has 0 unspecified atom stereocenters. The van der Waals surface area contributed by atoms with E-state index in [2.05, 4.69) is 44.1 Å². The number of rotatable bonds is 7. The zero-order valence-corrected chi connectivity index (χ0v) is 14.5. The molecule has 1 heterocycles. The Balaban J connectivity index is 1.87. The molecular formula is C15H17Br2NO2. The van der Waals surface area contributed by atoms with Crippen LogP contribution in [0.1, 0.15) is 24.7 Å². The van der Waals surface area contributed by atoms with Gasteiger partial charge in [0.25, 0.3) is 0 Å². The molecule has 0 aliphatic heterocycles. The predicted octanol–water partition coefficient (Wildman–Crippen LogP) is 4.88. The third kappa shape index (κ3) is 4.65. The van der Waals surface area contributed by atoms with Crippen LogP contribution in [0.5, 0.6) is 5.75 Å². The highest BCUT2D eigenvalue weighted by Crippen LogP contribution is 2.28. The highest BCUT2D eigenvalue weighted by atomic mass is 79.9. The average molecular weight is 403 g/mol. The molecule has 3 nitrogen and oxygen atoms in total. The number of halogens is 2. The summed E-state index contributed by atoms with van der Waals surface area (Å²) in [6, 6.07) is 7.84. The van der Waals surface area contributed by atoms with E-state index in [1.54, 1.807) is 6.26 Å². The van der Waals surface area contributed by atoms with Gasteiger partial charge in [-0.2, -0.15) is 0 Å². The third-order valence-electron chi connectivity index (χ3n) is 2.73. The van der Waals surface area contributed by atoms with E-state index >= 15 is 0 Å². The third-order valence-corrected chi connectivity index (χ3v) is 3.84. The Kier molecular flexibility index (Phi) is 6.13. The molecule has 2 rings (SSSR count). The molecular weight excluding hydrogens is 386 g/mol. The van der Waals surface area contributed by atoms with E-state index in [1.165, 1.54) is 0 Å². The lowest BCUT2D eigenvalue weighted by molar-refractivity contribution is 0.268. The van der Waals surface area contributed by atoms with Crippen molar-refractivity contribution in [1.82, 2.24) is 5.32 Å². The fraction of sp³-hybridized carbons (Fsp3) is 0.333. The van der Waals surface area contributed by atoms with Crippen molar-refractivity contribution in [2.24, 2.45) is 0 Å². The van der Waals surface area contributed by atoms with Gasteiger partial charge in [-0.05, 0) is 53.2 Å². The quantitative estimate of drug-likeness (QED) is 0.670. The summed E-state index contributed by atoms with van der Waals surface area (Å²) in [5.74, 6) is 1.63. The van der Waals surface area contributed by atoms with Gasteiger partial charge in [-0.15, -0.1) is 0 Å². The van der Waals surface area contributed by atoms with Crippen molar-refractivity contribution in [2.75, 3.05) is 6.54 Å². The first kappa shape index (κ1) is 15.6. The summed E-state index contributed by atoms with van der Waals surface area (Å²) >= 11 is 6.89. The second kappa shape index (κ2) is 7.86. The smallest absolute Gasteiger partial charge is 0.146 e. The van der Waals surface area contributed by atoms with Gasteiger partial charge in [0.1, 0.15) is 18.1 Å². The Morgan fingerprint density at radius 2 is 2.10 bits per heavy atom. The van der Waals surface area contributed by atoms with Crippen molar-refractivity contribution < 1.29 is 9.15 Å². The normalized spacial score (nSPS) is 10.8. The highest BCUT2D eigenvalue weighted by molar-refractivity contribution is 9.11. The lowest BCUT2D eigenvalue weighted by atomic mass is 10.3. The first-order valence-corrected chi connectivity index (χ1v) is 8.12. The molecule has 1 aromatic heterocycles. The lowest BCUT2D eigenvalue weighted by Crippen LogP contribution is -2.13. The first-order valence-electron chi connectivity index (χ1n) is 6.54. The maximum absolute atomic E-state index is 5.73. The fourth-order valence-corrected chi connectivity index (χ4v) is 2.91. The van der Waals surface area contributed by atoms with E-state index in [0.717, 1.165) is 45.5 Å². The van der Waals surface area contributed by atoms with Crippen LogP contribution in [0.4, 0.5) is 0 Å². The summed E-state index contributed by atoms with van der Waals surface area (Å²) in [7, 11) is 0. The molecule has 0 radical (unpaired) electrons.